The highest BCUT2D eigenvalue weighted by Gasteiger charge is 2.22. The molecule has 0 aliphatic carbocycles. The molecule has 0 bridgehead atoms. The van der Waals surface area contributed by atoms with Gasteiger partial charge in [-0.2, -0.15) is 0 Å². The number of nitrogens with zero attached hydrogens (tertiary/aromatic N) is 3. The Morgan fingerprint density at radius 3 is 2.72 bits per heavy atom. The zero-order valence-electron chi connectivity index (χ0n) is 14.1. The van der Waals surface area contributed by atoms with Gasteiger partial charge in [0, 0.05) is 17.3 Å². The van der Waals surface area contributed by atoms with E-state index in [9.17, 15) is 9.50 Å². The Bertz CT molecular complexity index is 988. The molecule has 4 rings (SSSR count). The van der Waals surface area contributed by atoms with Crippen LogP contribution in [0.5, 0.6) is 0 Å². The van der Waals surface area contributed by atoms with Gasteiger partial charge >= 0.3 is 0 Å². The van der Waals surface area contributed by atoms with Crippen molar-refractivity contribution in [1.82, 2.24) is 9.55 Å². The van der Waals surface area contributed by atoms with Crippen LogP contribution in [0.4, 0.5) is 4.39 Å². The van der Waals surface area contributed by atoms with Crippen molar-refractivity contribution >= 4 is 5.71 Å². The summed E-state index contributed by atoms with van der Waals surface area (Å²) in [6.07, 6.45) is 1.34. The molecule has 2 aromatic carbocycles. The van der Waals surface area contributed by atoms with Crippen LogP contribution in [0.1, 0.15) is 41.2 Å². The number of aryl methyl sites for hydroxylation is 1. The third-order valence-corrected chi connectivity index (χ3v) is 4.42. The van der Waals surface area contributed by atoms with Gasteiger partial charge in [0.1, 0.15) is 11.6 Å². The Balaban J connectivity index is 2.00. The molecule has 0 saturated carbocycles. The summed E-state index contributed by atoms with van der Waals surface area (Å²) < 4.78 is 16.4. The third-order valence-electron chi connectivity index (χ3n) is 4.42. The second-order valence-corrected chi connectivity index (χ2v) is 6.27. The van der Waals surface area contributed by atoms with Crippen molar-refractivity contribution in [3.63, 3.8) is 0 Å². The Hall–Kier alpha value is -2.79. The summed E-state index contributed by atoms with van der Waals surface area (Å²) in [6, 6.07) is 12.3. The minimum atomic E-state index is -0.612. The molecule has 1 aliphatic heterocycles. The van der Waals surface area contributed by atoms with E-state index in [1.165, 1.54) is 6.07 Å². The Morgan fingerprint density at radius 1 is 1.16 bits per heavy atom. The van der Waals surface area contributed by atoms with E-state index < -0.39 is 6.10 Å². The molecule has 5 heteroatoms. The van der Waals surface area contributed by atoms with Gasteiger partial charge in [-0.25, -0.2) is 9.37 Å². The Labute approximate surface area is 145 Å². The minimum absolute atomic E-state index is 0.314. The first kappa shape index (κ1) is 15.7. The topological polar surface area (TPSA) is 50.4 Å². The first-order valence-electron chi connectivity index (χ1n) is 8.21. The van der Waals surface area contributed by atoms with Crippen LogP contribution in [-0.4, -0.2) is 20.4 Å². The molecule has 0 spiro atoms. The van der Waals surface area contributed by atoms with Gasteiger partial charge in [-0.05, 0) is 43.7 Å². The number of hydrogen-bond acceptors (Lipinski definition) is 3. The van der Waals surface area contributed by atoms with E-state index in [4.69, 9.17) is 0 Å². The number of fused-ring (bicyclic) bond motifs is 3. The molecule has 3 aromatic rings. The van der Waals surface area contributed by atoms with Gasteiger partial charge in [0.25, 0.3) is 0 Å². The van der Waals surface area contributed by atoms with Crippen molar-refractivity contribution in [3.8, 4) is 5.69 Å². The van der Waals surface area contributed by atoms with Crippen molar-refractivity contribution < 1.29 is 9.50 Å². The second kappa shape index (κ2) is 5.93. The number of aromatic nitrogens is 2. The maximum atomic E-state index is 14.4. The number of aliphatic hydroxyl groups is 1. The fourth-order valence-electron chi connectivity index (χ4n) is 3.20. The zero-order valence-corrected chi connectivity index (χ0v) is 14.1. The van der Waals surface area contributed by atoms with Gasteiger partial charge in [0.2, 0.25) is 0 Å². The van der Waals surface area contributed by atoms with Crippen LogP contribution < -0.4 is 0 Å². The Kier molecular flexibility index (Phi) is 3.73. The van der Waals surface area contributed by atoms with E-state index in [1.807, 2.05) is 35.9 Å². The van der Waals surface area contributed by atoms with Crippen LogP contribution in [0.25, 0.3) is 5.69 Å². The number of rotatable bonds is 2. The van der Waals surface area contributed by atoms with Crippen molar-refractivity contribution in [2.24, 2.45) is 4.99 Å². The second-order valence-electron chi connectivity index (χ2n) is 6.27. The molecular weight excluding hydrogens is 317 g/mol. The average molecular weight is 335 g/mol. The molecule has 0 unspecified atom stereocenters. The van der Waals surface area contributed by atoms with Crippen LogP contribution in [-0.2, 0) is 6.54 Å². The quantitative estimate of drug-likeness (QED) is 0.776. The van der Waals surface area contributed by atoms with Crippen LogP contribution in [0.3, 0.4) is 0 Å². The first-order chi connectivity index (χ1) is 12.0. The number of halogens is 1. The molecule has 1 aromatic heterocycles. The predicted octanol–water partition coefficient (Wildman–Crippen LogP) is 3.72. The monoisotopic (exact) mass is 335 g/mol. The van der Waals surface area contributed by atoms with Crippen molar-refractivity contribution in [3.05, 3.63) is 82.7 Å². The van der Waals surface area contributed by atoms with Gasteiger partial charge in [-0.15, -0.1) is 0 Å². The molecule has 25 heavy (non-hydrogen) atoms. The molecule has 4 nitrogen and oxygen atoms in total. The molecule has 2 heterocycles. The molecule has 0 radical (unpaired) electrons. The van der Waals surface area contributed by atoms with Gasteiger partial charge in [-0.3, -0.25) is 4.99 Å². The summed E-state index contributed by atoms with van der Waals surface area (Å²) in [6.45, 7) is 4.02. The molecule has 0 saturated heterocycles. The number of benzene rings is 2. The summed E-state index contributed by atoms with van der Waals surface area (Å²) >= 11 is 0. The highest BCUT2D eigenvalue weighted by Crippen LogP contribution is 2.28. The summed E-state index contributed by atoms with van der Waals surface area (Å²) in [4.78, 5) is 9.19. The van der Waals surface area contributed by atoms with Crippen molar-refractivity contribution in [2.45, 2.75) is 26.5 Å². The van der Waals surface area contributed by atoms with E-state index in [-0.39, 0.29) is 5.82 Å². The maximum Gasteiger partial charge on any atom is 0.135 e. The summed E-state index contributed by atoms with van der Waals surface area (Å²) in [5.74, 6) is 0.500. The SMILES string of the molecule is Cc1cn2c(n1)CN=C(c1ccccc1F)c1cc([C@H](C)O)ccc1-2. The van der Waals surface area contributed by atoms with Gasteiger partial charge in [0.05, 0.1) is 29.7 Å². The molecule has 126 valence electrons. The average Bonchev–Trinajstić information content (AvgIpc) is 2.90. The summed E-state index contributed by atoms with van der Waals surface area (Å²) in [5.41, 5.74) is 4.39. The molecule has 0 fully saturated rings. The van der Waals surface area contributed by atoms with E-state index in [0.29, 0.717) is 17.8 Å². The van der Waals surface area contributed by atoms with Gasteiger partial charge < -0.3 is 9.67 Å². The van der Waals surface area contributed by atoms with Crippen LogP contribution >= 0.6 is 0 Å². The number of imidazole rings is 1. The number of aliphatic imine (C=N–C) groups is 1. The molecule has 0 amide bonds. The minimum Gasteiger partial charge on any atom is -0.389 e. The molecule has 1 aliphatic rings. The van der Waals surface area contributed by atoms with Crippen molar-refractivity contribution in [1.29, 1.82) is 0 Å². The van der Waals surface area contributed by atoms with Gasteiger partial charge in [-0.1, -0.05) is 18.2 Å². The Morgan fingerprint density at radius 2 is 1.96 bits per heavy atom. The smallest absolute Gasteiger partial charge is 0.135 e. The first-order valence-corrected chi connectivity index (χ1v) is 8.21. The van der Waals surface area contributed by atoms with E-state index in [1.54, 1.807) is 25.1 Å². The van der Waals surface area contributed by atoms with E-state index >= 15 is 0 Å². The highest BCUT2D eigenvalue weighted by atomic mass is 19.1. The molecule has 1 atom stereocenters. The van der Waals surface area contributed by atoms with Crippen LogP contribution in [0.2, 0.25) is 0 Å². The zero-order chi connectivity index (χ0) is 17.6. The lowest BCUT2D eigenvalue weighted by Gasteiger charge is -2.15. The number of hydrogen-bond donors (Lipinski definition) is 1. The molecule has 1 N–H and O–H groups in total. The van der Waals surface area contributed by atoms with Crippen molar-refractivity contribution in [2.75, 3.05) is 0 Å². The van der Waals surface area contributed by atoms with Gasteiger partial charge in [0.15, 0.2) is 0 Å². The predicted molar refractivity (Wildman–Crippen MR) is 94.7 cm³/mol. The number of aliphatic hydroxyl groups excluding tert-OH is 1. The fraction of sp³-hybridized carbons (Fsp3) is 0.200. The molecular formula is C20H18FN3O. The summed E-state index contributed by atoms with van der Waals surface area (Å²) in [7, 11) is 0. The third kappa shape index (κ3) is 2.66. The van der Waals surface area contributed by atoms with Crippen LogP contribution in [0.15, 0.2) is 53.7 Å². The van der Waals surface area contributed by atoms with E-state index in [0.717, 1.165) is 28.3 Å². The van der Waals surface area contributed by atoms with E-state index in [2.05, 4.69) is 9.98 Å². The maximum absolute atomic E-state index is 14.4. The largest absolute Gasteiger partial charge is 0.389 e. The highest BCUT2D eigenvalue weighted by molar-refractivity contribution is 6.15. The normalized spacial score (nSPS) is 14.3. The van der Waals surface area contributed by atoms with Crippen LogP contribution in [0, 0.1) is 12.7 Å². The lowest BCUT2D eigenvalue weighted by Crippen LogP contribution is -2.10. The standard InChI is InChI=1S/C20H18FN3O/c1-12-11-24-18-8-7-14(13(2)25)9-16(18)20(22-10-19(24)23-12)15-5-3-4-6-17(15)21/h3-9,11,13,25H,10H2,1-2H3/t13-/m0/s1. The fourth-order valence-corrected chi connectivity index (χ4v) is 3.20. The summed E-state index contributed by atoms with van der Waals surface area (Å²) in [5, 5.41) is 9.97. The lowest BCUT2D eigenvalue weighted by atomic mass is 9.96. The lowest BCUT2D eigenvalue weighted by molar-refractivity contribution is 0.199.